The van der Waals surface area contributed by atoms with Crippen molar-refractivity contribution >= 4 is 17.3 Å². The van der Waals surface area contributed by atoms with Crippen LogP contribution in [-0.2, 0) is 11.2 Å². The number of carboxylic acids is 1. The summed E-state index contributed by atoms with van der Waals surface area (Å²) in [6.07, 6.45) is -0.241. The minimum absolute atomic E-state index is 0.130. The van der Waals surface area contributed by atoms with Gasteiger partial charge in [-0.05, 0) is 19.1 Å². The molecule has 0 atom stereocenters. The van der Waals surface area contributed by atoms with Gasteiger partial charge in [0.1, 0.15) is 5.01 Å². The van der Waals surface area contributed by atoms with Gasteiger partial charge in [-0.2, -0.15) is 0 Å². The Kier molecular flexibility index (Phi) is 3.57. The lowest BCUT2D eigenvalue weighted by molar-refractivity contribution is -0.136. The van der Waals surface area contributed by atoms with Crippen LogP contribution in [0, 0.1) is 24.4 Å². The Morgan fingerprint density at radius 1 is 1.32 bits per heavy atom. The molecule has 0 spiro atoms. The van der Waals surface area contributed by atoms with Gasteiger partial charge >= 0.3 is 5.97 Å². The molecule has 0 amide bonds. The van der Waals surface area contributed by atoms with Gasteiger partial charge < -0.3 is 5.11 Å². The van der Waals surface area contributed by atoms with E-state index >= 15 is 0 Å². The molecule has 1 heterocycles. The quantitative estimate of drug-likeness (QED) is 0.882. The maximum Gasteiger partial charge on any atom is 0.308 e. The molecule has 0 saturated carbocycles. The first-order valence-corrected chi connectivity index (χ1v) is 6.03. The third kappa shape index (κ3) is 2.60. The first-order chi connectivity index (χ1) is 8.90. The SMILES string of the molecule is Cc1nc(-c2ccc(F)c(F)c2F)sc1CC(=O)O. The molecule has 3 nitrogen and oxygen atoms in total. The predicted octanol–water partition coefficient (Wildman–Crippen LogP) is 3.16. The van der Waals surface area contributed by atoms with Crippen molar-refractivity contribution in [3.05, 3.63) is 40.2 Å². The number of aliphatic carboxylic acids is 1. The number of thiazole rings is 1. The highest BCUT2D eigenvalue weighted by molar-refractivity contribution is 7.15. The first-order valence-electron chi connectivity index (χ1n) is 5.22. The number of hydrogen-bond donors (Lipinski definition) is 1. The molecule has 0 fully saturated rings. The highest BCUT2D eigenvalue weighted by atomic mass is 32.1. The maximum absolute atomic E-state index is 13.6. The summed E-state index contributed by atoms with van der Waals surface area (Å²) in [6.45, 7) is 1.58. The Bertz CT molecular complexity index is 655. The molecular weight excluding hydrogens is 279 g/mol. The standard InChI is InChI=1S/C12H8F3NO2S/c1-5-8(4-9(17)18)19-12(16-5)6-2-3-7(13)11(15)10(6)14/h2-3H,4H2,1H3,(H,17,18). The van der Waals surface area contributed by atoms with Crippen molar-refractivity contribution in [2.75, 3.05) is 0 Å². The fraction of sp³-hybridized carbons (Fsp3) is 0.167. The van der Waals surface area contributed by atoms with Crippen molar-refractivity contribution in [3.63, 3.8) is 0 Å². The van der Waals surface area contributed by atoms with Crippen molar-refractivity contribution in [1.29, 1.82) is 0 Å². The van der Waals surface area contributed by atoms with E-state index in [1.165, 1.54) is 0 Å². The number of aryl methyl sites for hydroxylation is 1. The molecule has 1 N–H and O–H groups in total. The zero-order valence-electron chi connectivity index (χ0n) is 9.71. The zero-order valence-corrected chi connectivity index (χ0v) is 10.5. The molecule has 0 aliphatic carbocycles. The van der Waals surface area contributed by atoms with Gasteiger partial charge in [-0.25, -0.2) is 18.2 Å². The summed E-state index contributed by atoms with van der Waals surface area (Å²) < 4.78 is 39.5. The van der Waals surface area contributed by atoms with E-state index in [2.05, 4.69) is 4.98 Å². The summed E-state index contributed by atoms with van der Waals surface area (Å²) in [5.74, 6) is -5.20. The lowest BCUT2D eigenvalue weighted by atomic mass is 10.2. The number of aromatic nitrogens is 1. The van der Waals surface area contributed by atoms with Crippen LogP contribution < -0.4 is 0 Å². The van der Waals surface area contributed by atoms with E-state index in [1.807, 2.05) is 0 Å². The molecule has 1 aromatic carbocycles. The van der Waals surface area contributed by atoms with E-state index in [4.69, 9.17) is 5.11 Å². The Balaban J connectivity index is 2.48. The summed E-state index contributed by atoms with van der Waals surface area (Å²) >= 11 is 0.949. The Hall–Kier alpha value is -1.89. The monoisotopic (exact) mass is 287 g/mol. The summed E-state index contributed by atoms with van der Waals surface area (Å²) in [7, 11) is 0. The third-order valence-corrected chi connectivity index (χ3v) is 3.66. The van der Waals surface area contributed by atoms with Gasteiger partial charge in [-0.1, -0.05) is 0 Å². The van der Waals surface area contributed by atoms with Crippen LogP contribution in [0.1, 0.15) is 10.6 Å². The van der Waals surface area contributed by atoms with Crippen LogP contribution in [0.25, 0.3) is 10.6 Å². The molecule has 0 saturated heterocycles. The van der Waals surface area contributed by atoms with Crippen LogP contribution in [0.4, 0.5) is 13.2 Å². The first kappa shape index (κ1) is 13.5. The zero-order chi connectivity index (χ0) is 14.2. The normalized spacial score (nSPS) is 10.7. The van der Waals surface area contributed by atoms with Gasteiger partial charge in [0.25, 0.3) is 0 Å². The largest absolute Gasteiger partial charge is 0.481 e. The van der Waals surface area contributed by atoms with E-state index in [0.717, 1.165) is 23.5 Å². The summed E-state index contributed by atoms with van der Waals surface area (Å²) in [6, 6.07) is 1.89. The number of nitrogens with zero attached hydrogens (tertiary/aromatic N) is 1. The lowest BCUT2D eigenvalue weighted by Gasteiger charge is -2.00. The van der Waals surface area contributed by atoms with Crippen LogP contribution in [0.15, 0.2) is 12.1 Å². The Morgan fingerprint density at radius 3 is 2.63 bits per heavy atom. The smallest absolute Gasteiger partial charge is 0.308 e. The van der Waals surface area contributed by atoms with Gasteiger partial charge in [0.05, 0.1) is 12.1 Å². The second-order valence-electron chi connectivity index (χ2n) is 3.82. The molecule has 19 heavy (non-hydrogen) atoms. The fourth-order valence-corrected chi connectivity index (χ4v) is 2.61. The van der Waals surface area contributed by atoms with Crippen LogP contribution in [-0.4, -0.2) is 16.1 Å². The van der Waals surface area contributed by atoms with Crippen LogP contribution in [0.2, 0.25) is 0 Å². The third-order valence-electron chi connectivity index (χ3n) is 2.47. The van der Waals surface area contributed by atoms with Gasteiger partial charge in [0.15, 0.2) is 17.5 Å². The minimum atomic E-state index is -1.56. The van der Waals surface area contributed by atoms with Crippen molar-refractivity contribution in [2.45, 2.75) is 13.3 Å². The minimum Gasteiger partial charge on any atom is -0.481 e. The molecular formula is C12H8F3NO2S. The molecule has 0 aliphatic rings. The average molecular weight is 287 g/mol. The molecule has 7 heteroatoms. The fourth-order valence-electron chi connectivity index (χ4n) is 1.54. The number of hydrogen-bond acceptors (Lipinski definition) is 3. The number of halogens is 3. The molecule has 2 rings (SSSR count). The number of carbonyl (C=O) groups is 1. The number of benzene rings is 1. The topological polar surface area (TPSA) is 50.2 Å². The molecule has 0 radical (unpaired) electrons. The van der Waals surface area contributed by atoms with Crippen LogP contribution >= 0.6 is 11.3 Å². The number of rotatable bonds is 3. The van der Waals surface area contributed by atoms with Crippen LogP contribution in [0.5, 0.6) is 0 Å². The lowest BCUT2D eigenvalue weighted by Crippen LogP contribution is -1.99. The van der Waals surface area contributed by atoms with Gasteiger partial charge in [0.2, 0.25) is 0 Å². The Morgan fingerprint density at radius 2 is 2.00 bits per heavy atom. The highest BCUT2D eigenvalue weighted by Crippen LogP contribution is 2.31. The van der Waals surface area contributed by atoms with E-state index in [-0.39, 0.29) is 17.0 Å². The van der Waals surface area contributed by atoms with E-state index < -0.39 is 23.4 Å². The molecule has 2 aromatic rings. The Labute approximate surface area is 110 Å². The van der Waals surface area contributed by atoms with Crippen molar-refractivity contribution < 1.29 is 23.1 Å². The van der Waals surface area contributed by atoms with E-state index in [1.54, 1.807) is 6.92 Å². The molecule has 100 valence electrons. The van der Waals surface area contributed by atoms with Crippen molar-refractivity contribution in [2.24, 2.45) is 0 Å². The van der Waals surface area contributed by atoms with Gasteiger partial charge in [-0.15, -0.1) is 11.3 Å². The second-order valence-corrected chi connectivity index (χ2v) is 4.90. The summed E-state index contributed by atoms with van der Waals surface area (Å²) in [5.41, 5.74) is 0.259. The van der Waals surface area contributed by atoms with Crippen LogP contribution in [0.3, 0.4) is 0 Å². The highest BCUT2D eigenvalue weighted by Gasteiger charge is 2.19. The molecule has 0 aliphatic heterocycles. The second kappa shape index (κ2) is 5.00. The van der Waals surface area contributed by atoms with Crippen molar-refractivity contribution in [3.8, 4) is 10.6 Å². The summed E-state index contributed by atoms with van der Waals surface area (Å²) in [5, 5.41) is 8.83. The average Bonchev–Trinajstić information content (AvgIpc) is 2.67. The van der Waals surface area contributed by atoms with Gasteiger partial charge in [-0.3, -0.25) is 4.79 Å². The molecule has 0 unspecified atom stereocenters. The van der Waals surface area contributed by atoms with E-state index in [0.29, 0.717) is 10.6 Å². The molecule has 0 bridgehead atoms. The van der Waals surface area contributed by atoms with Crippen molar-refractivity contribution in [1.82, 2.24) is 4.98 Å². The summed E-state index contributed by atoms with van der Waals surface area (Å²) in [4.78, 5) is 15.1. The predicted molar refractivity (Wildman–Crippen MR) is 63.5 cm³/mol. The van der Waals surface area contributed by atoms with Gasteiger partial charge in [0, 0.05) is 10.4 Å². The number of carboxylic acid groups (broad SMARTS) is 1. The molecule has 1 aromatic heterocycles. The van der Waals surface area contributed by atoms with E-state index in [9.17, 15) is 18.0 Å². The maximum atomic E-state index is 13.6.